The topological polar surface area (TPSA) is 54.5 Å². The van der Waals surface area contributed by atoms with Crippen LogP contribution in [0.4, 0.5) is 5.69 Å². The molecule has 3 rings (SSSR count). The van der Waals surface area contributed by atoms with Crippen molar-refractivity contribution in [1.29, 1.82) is 0 Å². The van der Waals surface area contributed by atoms with E-state index in [1.165, 1.54) is 0 Å². The van der Waals surface area contributed by atoms with Crippen molar-refractivity contribution in [3.63, 3.8) is 0 Å². The Bertz CT molecular complexity index is 704. The third-order valence-electron chi connectivity index (χ3n) is 3.72. The molecule has 21 heavy (non-hydrogen) atoms. The monoisotopic (exact) mass is 364 g/mol. The Morgan fingerprint density at radius 2 is 2.19 bits per heavy atom. The maximum atomic E-state index is 6.12. The third-order valence-corrected chi connectivity index (χ3v) is 4.93. The molecule has 0 radical (unpaired) electrons. The lowest BCUT2D eigenvalue weighted by Gasteiger charge is -2.36. The predicted molar refractivity (Wildman–Crippen MR) is 89.7 cm³/mol. The van der Waals surface area contributed by atoms with Crippen molar-refractivity contribution < 1.29 is 0 Å². The number of guanidine groups is 1. The van der Waals surface area contributed by atoms with Crippen molar-refractivity contribution in [1.82, 2.24) is 4.98 Å². The Balaban J connectivity index is 2.09. The number of nitrogens with two attached hydrogens (primary N) is 1. The van der Waals surface area contributed by atoms with Crippen LogP contribution in [0.1, 0.15) is 12.5 Å². The quantitative estimate of drug-likeness (QED) is 0.885. The van der Waals surface area contributed by atoms with Gasteiger partial charge in [-0.25, -0.2) is 0 Å². The first-order valence-corrected chi connectivity index (χ1v) is 7.65. The van der Waals surface area contributed by atoms with Crippen LogP contribution in [-0.4, -0.2) is 17.5 Å². The Morgan fingerprint density at radius 1 is 1.38 bits per heavy atom. The predicted octanol–water partition coefficient (Wildman–Crippen LogP) is 3.55. The van der Waals surface area contributed by atoms with E-state index in [-0.39, 0.29) is 5.54 Å². The van der Waals surface area contributed by atoms with Crippen molar-refractivity contribution in [2.75, 3.05) is 11.4 Å². The molecule has 1 atom stereocenters. The molecular formula is C15H14BrClN4. The van der Waals surface area contributed by atoms with Crippen LogP contribution in [0.2, 0.25) is 5.02 Å². The molecule has 0 aliphatic carbocycles. The number of aliphatic imine (C=N–C) groups is 1. The lowest BCUT2D eigenvalue weighted by molar-refractivity contribution is 0.530. The van der Waals surface area contributed by atoms with Gasteiger partial charge >= 0.3 is 0 Å². The van der Waals surface area contributed by atoms with Gasteiger partial charge in [0.25, 0.3) is 0 Å². The van der Waals surface area contributed by atoms with E-state index in [0.717, 1.165) is 15.7 Å². The number of aromatic nitrogens is 1. The number of nitrogens with zero attached hydrogens (tertiary/aromatic N) is 3. The van der Waals surface area contributed by atoms with Gasteiger partial charge in [0.1, 0.15) is 0 Å². The molecule has 2 aromatic rings. The van der Waals surface area contributed by atoms with Crippen LogP contribution in [0.25, 0.3) is 0 Å². The smallest absolute Gasteiger partial charge is 0.196 e. The largest absolute Gasteiger partial charge is 0.369 e. The fraction of sp³-hybridized carbons (Fsp3) is 0.200. The normalized spacial score (nSPS) is 21.5. The van der Waals surface area contributed by atoms with Crippen LogP contribution in [0, 0.1) is 0 Å². The van der Waals surface area contributed by atoms with Crippen molar-refractivity contribution in [2.24, 2.45) is 10.7 Å². The lowest BCUT2D eigenvalue weighted by atomic mass is 9.92. The SMILES string of the molecule is CC1(c2cccnc2)CN=C(N)N1c1ccc(Cl)c(Br)c1. The summed E-state index contributed by atoms with van der Waals surface area (Å²) >= 11 is 9.53. The van der Waals surface area contributed by atoms with Gasteiger partial charge in [0.2, 0.25) is 0 Å². The molecule has 0 spiro atoms. The molecule has 0 saturated heterocycles. The molecule has 1 aliphatic heterocycles. The number of hydrogen-bond donors (Lipinski definition) is 1. The highest BCUT2D eigenvalue weighted by molar-refractivity contribution is 9.10. The highest BCUT2D eigenvalue weighted by Gasteiger charge is 2.40. The van der Waals surface area contributed by atoms with Crippen LogP contribution >= 0.6 is 27.5 Å². The summed E-state index contributed by atoms with van der Waals surface area (Å²) in [7, 11) is 0. The molecule has 1 unspecified atom stereocenters. The van der Waals surface area contributed by atoms with Crippen LogP contribution < -0.4 is 10.6 Å². The summed E-state index contributed by atoms with van der Waals surface area (Å²) in [5, 5.41) is 0.663. The molecule has 1 aliphatic rings. The highest BCUT2D eigenvalue weighted by atomic mass is 79.9. The van der Waals surface area contributed by atoms with Gasteiger partial charge in [0, 0.05) is 22.6 Å². The first kappa shape index (κ1) is 14.4. The van der Waals surface area contributed by atoms with Crippen molar-refractivity contribution >= 4 is 39.2 Å². The van der Waals surface area contributed by atoms with Gasteiger partial charge < -0.3 is 10.6 Å². The zero-order valence-electron chi connectivity index (χ0n) is 11.4. The zero-order chi connectivity index (χ0) is 15.0. The second-order valence-electron chi connectivity index (χ2n) is 5.12. The number of hydrogen-bond acceptors (Lipinski definition) is 4. The minimum Gasteiger partial charge on any atom is -0.369 e. The molecule has 0 saturated carbocycles. The van der Waals surface area contributed by atoms with E-state index < -0.39 is 0 Å². The van der Waals surface area contributed by atoms with Gasteiger partial charge in [-0.3, -0.25) is 9.98 Å². The van der Waals surface area contributed by atoms with Gasteiger partial charge in [-0.1, -0.05) is 17.7 Å². The highest BCUT2D eigenvalue weighted by Crippen LogP contribution is 2.38. The van der Waals surface area contributed by atoms with E-state index in [2.05, 4.69) is 32.8 Å². The molecule has 2 N–H and O–H groups in total. The van der Waals surface area contributed by atoms with Crippen LogP contribution in [0.3, 0.4) is 0 Å². The van der Waals surface area contributed by atoms with E-state index in [9.17, 15) is 0 Å². The summed E-state index contributed by atoms with van der Waals surface area (Å²) in [4.78, 5) is 10.6. The first-order valence-electron chi connectivity index (χ1n) is 6.48. The minimum atomic E-state index is -0.356. The lowest BCUT2D eigenvalue weighted by Crippen LogP contribution is -2.47. The fourth-order valence-corrected chi connectivity index (χ4v) is 3.06. The number of rotatable bonds is 2. The Kier molecular flexibility index (Phi) is 3.63. The summed E-state index contributed by atoms with van der Waals surface area (Å²) in [5.74, 6) is 0.496. The van der Waals surface area contributed by atoms with Crippen molar-refractivity contribution in [2.45, 2.75) is 12.5 Å². The maximum Gasteiger partial charge on any atom is 0.196 e. The molecule has 0 amide bonds. The molecule has 6 heteroatoms. The van der Waals surface area contributed by atoms with E-state index in [1.807, 2.05) is 41.4 Å². The molecule has 1 aromatic heterocycles. The van der Waals surface area contributed by atoms with Gasteiger partial charge in [0.05, 0.1) is 17.1 Å². The summed E-state index contributed by atoms with van der Waals surface area (Å²) in [6.45, 7) is 2.70. The summed E-state index contributed by atoms with van der Waals surface area (Å²) in [6.07, 6.45) is 3.61. The molecule has 1 aromatic carbocycles. The Morgan fingerprint density at radius 3 is 2.86 bits per heavy atom. The molecular weight excluding hydrogens is 352 g/mol. The maximum absolute atomic E-state index is 6.12. The Hall–Kier alpha value is -1.59. The number of pyridine rings is 1. The van der Waals surface area contributed by atoms with Gasteiger partial charge in [-0.05, 0) is 52.7 Å². The number of anilines is 1. The zero-order valence-corrected chi connectivity index (χ0v) is 13.8. The van der Waals surface area contributed by atoms with Crippen molar-refractivity contribution in [3.05, 3.63) is 57.8 Å². The van der Waals surface area contributed by atoms with Gasteiger partial charge in [-0.15, -0.1) is 0 Å². The minimum absolute atomic E-state index is 0.356. The van der Waals surface area contributed by atoms with E-state index >= 15 is 0 Å². The van der Waals surface area contributed by atoms with Crippen LogP contribution in [0.5, 0.6) is 0 Å². The molecule has 108 valence electrons. The van der Waals surface area contributed by atoms with Crippen LogP contribution in [0.15, 0.2) is 52.2 Å². The molecule has 0 bridgehead atoms. The second-order valence-corrected chi connectivity index (χ2v) is 6.39. The first-order chi connectivity index (χ1) is 10.0. The van der Waals surface area contributed by atoms with Gasteiger partial charge in [-0.2, -0.15) is 0 Å². The summed E-state index contributed by atoms with van der Waals surface area (Å²) in [6, 6.07) is 9.69. The average molecular weight is 366 g/mol. The van der Waals surface area contributed by atoms with Crippen molar-refractivity contribution in [3.8, 4) is 0 Å². The fourth-order valence-electron chi connectivity index (χ4n) is 2.57. The average Bonchev–Trinajstić information content (AvgIpc) is 2.80. The molecule has 2 heterocycles. The van der Waals surface area contributed by atoms with E-state index in [4.69, 9.17) is 17.3 Å². The number of halogens is 2. The molecule has 4 nitrogen and oxygen atoms in total. The standard InChI is InChI=1S/C15H14BrClN4/c1-15(10-3-2-6-19-8-10)9-20-14(18)21(15)11-4-5-13(17)12(16)7-11/h2-8H,9H2,1H3,(H2,18,20). The second kappa shape index (κ2) is 5.31. The van der Waals surface area contributed by atoms with E-state index in [0.29, 0.717) is 17.5 Å². The van der Waals surface area contributed by atoms with Gasteiger partial charge in [0.15, 0.2) is 5.96 Å². The summed E-state index contributed by atoms with van der Waals surface area (Å²) < 4.78 is 0.829. The van der Waals surface area contributed by atoms with Crippen LogP contribution in [-0.2, 0) is 5.54 Å². The summed E-state index contributed by atoms with van der Waals surface area (Å²) in [5.41, 5.74) is 7.77. The number of benzene rings is 1. The third kappa shape index (κ3) is 2.40. The molecule has 0 fully saturated rings. The van der Waals surface area contributed by atoms with E-state index in [1.54, 1.807) is 6.20 Å². The Labute approximate surface area is 136 Å².